The van der Waals surface area contributed by atoms with Crippen molar-refractivity contribution in [2.75, 3.05) is 19.6 Å². The lowest BCUT2D eigenvalue weighted by Gasteiger charge is -2.20. The van der Waals surface area contributed by atoms with Crippen molar-refractivity contribution < 1.29 is 4.79 Å². The summed E-state index contributed by atoms with van der Waals surface area (Å²) in [5.41, 5.74) is 5.81. The molecule has 1 rings (SSSR count). The maximum Gasteiger partial charge on any atom is 0.236 e. The fourth-order valence-corrected chi connectivity index (χ4v) is 2.11. The normalized spacial score (nSPS) is 17.5. The lowest BCUT2D eigenvalue weighted by Crippen LogP contribution is -2.44. The minimum Gasteiger partial charge on any atom is -0.353 e. The molecule has 1 amide bonds. The molecule has 0 heterocycles. The van der Waals surface area contributed by atoms with Gasteiger partial charge in [-0.25, -0.2) is 0 Å². The van der Waals surface area contributed by atoms with Gasteiger partial charge >= 0.3 is 0 Å². The number of likely N-dealkylation sites (N-methyl/N-ethyl adjacent to an activating group) is 1. The molecular weight excluding hydrogens is 214 g/mol. The summed E-state index contributed by atoms with van der Waals surface area (Å²) in [5, 5.41) is 2.93. The third kappa shape index (κ3) is 5.50. The van der Waals surface area contributed by atoms with Gasteiger partial charge in [0.25, 0.3) is 0 Å². The number of rotatable bonds is 8. The average Bonchev–Trinajstić information content (AvgIpc) is 3.07. The Morgan fingerprint density at radius 2 is 2.12 bits per heavy atom. The summed E-state index contributed by atoms with van der Waals surface area (Å²) >= 11 is 0. The molecule has 1 unspecified atom stereocenters. The third-order valence-corrected chi connectivity index (χ3v) is 3.23. The molecule has 17 heavy (non-hydrogen) atoms. The van der Waals surface area contributed by atoms with Gasteiger partial charge in [0.1, 0.15) is 0 Å². The molecule has 0 aromatic rings. The van der Waals surface area contributed by atoms with Crippen LogP contribution in [0.5, 0.6) is 0 Å². The summed E-state index contributed by atoms with van der Waals surface area (Å²) in [7, 11) is 0. The van der Waals surface area contributed by atoms with Crippen LogP contribution in [0.25, 0.3) is 0 Å². The van der Waals surface area contributed by atoms with E-state index in [1.807, 2.05) is 0 Å². The number of hydrogen-bond donors (Lipinski definition) is 2. The van der Waals surface area contributed by atoms with Crippen LogP contribution >= 0.6 is 0 Å². The van der Waals surface area contributed by atoms with Crippen LogP contribution in [0.15, 0.2) is 0 Å². The van der Waals surface area contributed by atoms with E-state index in [4.69, 9.17) is 5.73 Å². The molecular formula is C13H27N3O. The monoisotopic (exact) mass is 241 g/mol. The summed E-state index contributed by atoms with van der Waals surface area (Å²) in [4.78, 5) is 14.1. The first-order valence-electron chi connectivity index (χ1n) is 6.82. The molecule has 0 saturated heterocycles. The standard InChI is InChI=1S/C13H27N3O/c1-4-16(11-5-6-11)8-7-15-13(17)12(14)9-10(2)3/h10-12H,4-9,14H2,1-3H3,(H,15,17). The van der Waals surface area contributed by atoms with E-state index in [1.165, 1.54) is 12.8 Å². The second-order valence-corrected chi connectivity index (χ2v) is 5.39. The van der Waals surface area contributed by atoms with Crippen LogP contribution in [0.1, 0.15) is 40.0 Å². The zero-order valence-electron chi connectivity index (χ0n) is 11.4. The van der Waals surface area contributed by atoms with Crippen molar-refractivity contribution in [2.45, 2.75) is 52.1 Å². The Labute approximate surface area is 105 Å². The summed E-state index contributed by atoms with van der Waals surface area (Å²) in [5.74, 6) is 0.458. The average molecular weight is 241 g/mol. The van der Waals surface area contributed by atoms with Gasteiger partial charge in [-0.2, -0.15) is 0 Å². The number of amides is 1. The minimum absolute atomic E-state index is 0.00875. The van der Waals surface area contributed by atoms with Crippen molar-refractivity contribution in [1.82, 2.24) is 10.2 Å². The molecule has 0 aromatic carbocycles. The van der Waals surface area contributed by atoms with Crippen LogP contribution in [0.2, 0.25) is 0 Å². The maximum absolute atomic E-state index is 11.7. The Kier molecular flexibility index (Phi) is 5.92. The van der Waals surface area contributed by atoms with E-state index < -0.39 is 0 Å². The van der Waals surface area contributed by atoms with Gasteiger partial charge in [-0.3, -0.25) is 9.69 Å². The maximum atomic E-state index is 11.7. The van der Waals surface area contributed by atoms with Crippen molar-refractivity contribution in [3.63, 3.8) is 0 Å². The molecule has 0 aliphatic heterocycles. The van der Waals surface area contributed by atoms with Crippen LogP contribution in [0, 0.1) is 5.92 Å². The Morgan fingerprint density at radius 3 is 2.59 bits per heavy atom. The van der Waals surface area contributed by atoms with Crippen LogP contribution in [0.3, 0.4) is 0 Å². The topological polar surface area (TPSA) is 58.4 Å². The second-order valence-electron chi connectivity index (χ2n) is 5.39. The zero-order valence-corrected chi connectivity index (χ0v) is 11.4. The minimum atomic E-state index is -0.356. The molecule has 4 nitrogen and oxygen atoms in total. The number of carbonyl (C=O) groups is 1. The molecule has 0 spiro atoms. The first-order chi connectivity index (χ1) is 8.04. The zero-order chi connectivity index (χ0) is 12.8. The highest BCUT2D eigenvalue weighted by atomic mass is 16.2. The summed E-state index contributed by atoms with van der Waals surface area (Å²) in [6, 6.07) is 0.409. The van der Waals surface area contributed by atoms with Crippen LogP contribution in [-0.4, -0.2) is 42.5 Å². The van der Waals surface area contributed by atoms with E-state index in [1.54, 1.807) is 0 Å². The second kappa shape index (κ2) is 6.97. The first kappa shape index (κ1) is 14.5. The van der Waals surface area contributed by atoms with Gasteiger partial charge in [-0.1, -0.05) is 20.8 Å². The van der Waals surface area contributed by atoms with Crippen LogP contribution < -0.4 is 11.1 Å². The van der Waals surface area contributed by atoms with Gasteiger partial charge in [0.2, 0.25) is 5.91 Å². The molecule has 1 atom stereocenters. The summed E-state index contributed by atoms with van der Waals surface area (Å²) in [6.07, 6.45) is 3.38. The molecule has 1 fully saturated rings. The van der Waals surface area contributed by atoms with E-state index in [0.29, 0.717) is 5.92 Å². The number of carbonyl (C=O) groups excluding carboxylic acids is 1. The lowest BCUT2D eigenvalue weighted by molar-refractivity contribution is -0.122. The van der Waals surface area contributed by atoms with E-state index in [2.05, 4.69) is 31.0 Å². The van der Waals surface area contributed by atoms with Crippen molar-refractivity contribution in [2.24, 2.45) is 11.7 Å². The highest BCUT2D eigenvalue weighted by molar-refractivity contribution is 5.81. The number of nitrogens with two attached hydrogens (primary N) is 1. The van der Waals surface area contributed by atoms with Crippen LogP contribution in [0.4, 0.5) is 0 Å². The fraction of sp³-hybridized carbons (Fsp3) is 0.923. The van der Waals surface area contributed by atoms with Gasteiger partial charge in [-0.05, 0) is 31.7 Å². The number of nitrogens with zero attached hydrogens (tertiary/aromatic N) is 1. The first-order valence-corrected chi connectivity index (χ1v) is 6.82. The SMILES string of the molecule is CCN(CCNC(=O)C(N)CC(C)C)C1CC1. The summed E-state index contributed by atoms with van der Waals surface area (Å²) in [6.45, 7) is 9.07. The molecule has 0 bridgehead atoms. The molecule has 4 heteroatoms. The van der Waals surface area contributed by atoms with Crippen LogP contribution in [-0.2, 0) is 4.79 Å². The molecule has 1 aliphatic rings. The summed E-state index contributed by atoms with van der Waals surface area (Å²) < 4.78 is 0. The smallest absolute Gasteiger partial charge is 0.236 e. The van der Waals surface area contributed by atoms with Gasteiger partial charge in [0.05, 0.1) is 6.04 Å². The van der Waals surface area contributed by atoms with E-state index in [9.17, 15) is 4.79 Å². The number of nitrogens with one attached hydrogen (secondary N) is 1. The quantitative estimate of drug-likeness (QED) is 0.665. The Balaban J connectivity index is 2.14. The fourth-order valence-electron chi connectivity index (χ4n) is 2.11. The van der Waals surface area contributed by atoms with Crippen molar-refractivity contribution in [3.8, 4) is 0 Å². The molecule has 100 valence electrons. The molecule has 0 radical (unpaired) electrons. The van der Waals surface area contributed by atoms with Crippen molar-refractivity contribution in [3.05, 3.63) is 0 Å². The molecule has 1 saturated carbocycles. The van der Waals surface area contributed by atoms with Gasteiger partial charge in [0.15, 0.2) is 0 Å². The van der Waals surface area contributed by atoms with E-state index in [-0.39, 0.29) is 11.9 Å². The van der Waals surface area contributed by atoms with Gasteiger partial charge in [0, 0.05) is 19.1 Å². The van der Waals surface area contributed by atoms with Gasteiger partial charge < -0.3 is 11.1 Å². The Bertz CT molecular complexity index is 239. The van der Waals surface area contributed by atoms with Crippen molar-refractivity contribution >= 4 is 5.91 Å². The number of hydrogen-bond acceptors (Lipinski definition) is 3. The molecule has 3 N–H and O–H groups in total. The van der Waals surface area contributed by atoms with E-state index in [0.717, 1.165) is 32.1 Å². The third-order valence-electron chi connectivity index (χ3n) is 3.23. The van der Waals surface area contributed by atoms with Crippen molar-refractivity contribution in [1.29, 1.82) is 0 Å². The predicted molar refractivity (Wildman–Crippen MR) is 70.7 cm³/mol. The van der Waals surface area contributed by atoms with E-state index >= 15 is 0 Å². The van der Waals surface area contributed by atoms with Gasteiger partial charge in [-0.15, -0.1) is 0 Å². The highest BCUT2D eigenvalue weighted by Crippen LogP contribution is 2.25. The largest absolute Gasteiger partial charge is 0.353 e. The molecule has 1 aliphatic carbocycles. The Morgan fingerprint density at radius 1 is 1.47 bits per heavy atom. The molecule has 0 aromatic heterocycles. The Hall–Kier alpha value is -0.610. The lowest BCUT2D eigenvalue weighted by atomic mass is 10.0. The predicted octanol–water partition coefficient (Wildman–Crippen LogP) is 0.960. The highest BCUT2D eigenvalue weighted by Gasteiger charge is 2.27.